The molecule has 2 rings (SSSR count). The first-order valence-corrected chi connectivity index (χ1v) is 6.32. The van der Waals surface area contributed by atoms with Crippen molar-refractivity contribution in [2.45, 2.75) is 32.6 Å². The van der Waals surface area contributed by atoms with Crippen molar-refractivity contribution < 1.29 is 0 Å². The van der Waals surface area contributed by atoms with E-state index in [2.05, 4.69) is 40.6 Å². The largest absolute Gasteiger partial charge is 0.266 e. The van der Waals surface area contributed by atoms with E-state index in [-0.39, 0.29) is 12.4 Å². The van der Waals surface area contributed by atoms with Crippen LogP contribution >= 0.6 is 12.4 Å². The van der Waals surface area contributed by atoms with E-state index in [4.69, 9.17) is 0 Å². The number of benzene rings is 1. The van der Waals surface area contributed by atoms with Gasteiger partial charge in [0.1, 0.15) is 5.84 Å². The summed E-state index contributed by atoms with van der Waals surface area (Å²) in [6.07, 6.45) is 6.38. The predicted molar refractivity (Wildman–Crippen MR) is 80.0 cm³/mol. The van der Waals surface area contributed by atoms with Crippen LogP contribution in [0.5, 0.6) is 0 Å². The number of rotatable bonds is 4. The van der Waals surface area contributed by atoms with Crippen molar-refractivity contribution in [2.75, 3.05) is 6.54 Å². The van der Waals surface area contributed by atoms with Crippen LogP contribution in [0.4, 0.5) is 0 Å². The lowest BCUT2D eigenvalue weighted by molar-refractivity contribution is 0.835. The predicted octanol–water partition coefficient (Wildman–Crippen LogP) is 3.18. The summed E-state index contributed by atoms with van der Waals surface area (Å²) in [6, 6.07) is 8.38. The summed E-state index contributed by atoms with van der Waals surface area (Å²) in [4.78, 5) is 4.48. The molecular formula is C14H20ClN3. The molecule has 0 bridgehead atoms. The number of halogens is 1. The highest BCUT2D eigenvalue weighted by Gasteiger charge is 2.11. The van der Waals surface area contributed by atoms with Gasteiger partial charge in [0.05, 0.1) is 0 Å². The number of hydrogen-bond donors (Lipinski definition) is 1. The SMILES string of the molecule is CCCC/C=N/NC1=NCCc2ccccc21.Cl. The highest BCUT2D eigenvalue weighted by Crippen LogP contribution is 2.14. The first kappa shape index (κ1) is 14.7. The number of nitrogens with zero attached hydrogens (tertiary/aromatic N) is 2. The van der Waals surface area contributed by atoms with Gasteiger partial charge in [-0.25, -0.2) is 0 Å². The van der Waals surface area contributed by atoms with Crippen molar-refractivity contribution >= 4 is 24.5 Å². The second kappa shape index (κ2) is 7.88. The van der Waals surface area contributed by atoms with Crippen molar-refractivity contribution in [3.05, 3.63) is 35.4 Å². The maximum absolute atomic E-state index is 4.48. The van der Waals surface area contributed by atoms with E-state index in [9.17, 15) is 0 Å². The van der Waals surface area contributed by atoms with Gasteiger partial charge in [-0.3, -0.25) is 10.4 Å². The fraction of sp³-hybridized carbons (Fsp3) is 0.429. The smallest absolute Gasteiger partial charge is 0.149 e. The standard InChI is InChI=1S/C14H19N3.ClH/c1-2-3-6-10-16-17-14-13-8-5-4-7-12(13)9-11-15-14;/h4-5,7-8,10H,2-3,6,9,11H2,1H3,(H,15,17);1H/b16-10+;. The summed E-state index contributed by atoms with van der Waals surface area (Å²) in [7, 11) is 0. The average molecular weight is 266 g/mol. The van der Waals surface area contributed by atoms with Gasteiger partial charge in [-0.1, -0.05) is 37.6 Å². The van der Waals surface area contributed by atoms with Crippen LogP contribution in [-0.2, 0) is 6.42 Å². The lowest BCUT2D eigenvalue weighted by atomic mass is 10.0. The van der Waals surface area contributed by atoms with Crippen molar-refractivity contribution in [3.8, 4) is 0 Å². The first-order valence-electron chi connectivity index (χ1n) is 6.32. The number of hydrogen-bond acceptors (Lipinski definition) is 3. The second-order valence-corrected chi connectivity index (χ2v) is 4.20. The summed E-state index contributed by atoms with van der Waals surface area (Å²) in [5.74, 6) is 0.902. The lowest BCUT2D eigenvalue weighted by Crippen LogP contribution is -2.24. The molecule has 1 heterocycles. The van der Waals surface area contributed by atoms with Gasteiger partial charge >= 0.3 is 0 Å². The number of nitrogens with one attached hydrogen (secondary N) is 1. The molecule has 98 valence electrons. The molecule has 0 saturated carbocycles. The van der Waals surface area contributed by atoms with Gasteiger partial charge in [0.25, 0.3) is 0 Å². The highest BCUT2D eigenvalue weighted by atomic mass is 35.5. The summed E-state index contributed by atoms with van der Waals surface area (Å²) in [6.45, 7) is 3.03. The van der Waals surface area contributed by atoms with Crippen LogP contribution in [-0.4, -0.2) is 18.6 Å². The molecule has 1 N–H and O–H groups in total. The Hall–Kier alpha value is -1.35. The maximum atomic E-state index is 4.48. The van der Waals surface area contributed by atoms with Gasteiger partial charge in [0.15, 0.2) is 0 Å². The first-order chi connectivity index (χ1) is 8.42. The third-order valence-corrected chi connectivity index (χ3v) is 2.87. The fourth-order valence-corrected chi connectivity index (χ4v) is 1.90. The molecule has 1 aliphatic rings. The number of hydrazone groups is 1. The Kier molecular flexibility index (Phi) is 6.44. The van der Waals surface area contributed by atoms with Crippen LogP contribution in [0, 0.1) is 0 Å². The van der Waals surface area contributed by atoms with Crippen LogP contribution in [0.25, 0.3) is 0 Å². The maximum Gasteiger partial charge on any atom is 0.149 e. The Morgan fingerprint density at radius 2 is 2.22 bits per heavy atom. The van der Waals surface area contributed by atoms with Crippen LogP contribution in [0.2, 0.25) is 0 Å². The molecule has 0 unspecified atom stereocenters. The molecule has 0 radical (unpaired) electrons. The van der Waals surface area contributed by atoms with Gasteiger partial charge in [-0.2, -0.15) is 5.10 Å². The van der Waals surface area contributed by atoms with Crippen molar-refractivity contribution in [1.29, 1.82) is 0 Å². The molecule has 3 nitrogen and oxygen atoms in total. The monoisotopic (exact) mass is 265 g/mol. The third-order valence-electron chi connectivity index (χ3n) is 2.87. The summed E-state index contributed by atoms with van der Waals surface area (Å²) in [5.41, 5.74) is 5.60. The van der Waals surface area contributed by atoms with Crippen molar-refractivity contribution in [3.63, 3.8) is 0 Å². The van der Waals surface area contributed by atoms with Crippen LogP contribution < -0.4 is 5.43 Å². The minimum absolute atomic E-state index is 0. The molecular weight excluding hydrogens is 246 g/mol. The topological polar surface area (TPSA) is 36.8 Å². The van der Waals surface area contributed by atoms with E-state index >= 15 is 0 Å². The Balaban J connectivity index is 0.00000162. The zero-order valence-electron chi connectivity index (χ0n) is 10.7. The van der Waals surface area contributed by atoms with Crippen LogP contribution in [0.3, 0.4) is 0 Å². The number of fused-ring (bicyclic) bond motifs is 1. The average Bonchev–Trinajstić information content (AvgIpc) is 2.39. The molecule has 0 fully saturated rings. The number of amidine groups is 1. The van der Waals surface area contributed by atoms with Gasteiger partial charge in [-0.15, -0.1) is 12.4 Å². The zero-order chi connectivity index (χ0) is 11.9. The van der Waals surface area contributed by atoms with E-state index in [0.29, 0.717) is 0 Å². The highest BCUT2D eigenvalue weighted by molar-refractivity contribution is 6.00. The number of unbranched alkanes of at least 4 members (excludes halogenated alkanes) is 2. The minimum atomic E-state index is 0. The van der Waals surface area contributed by atoms with E-state index in [1.807, 2.05) is 12.3 Å². The van der Waals surface area contributed by atoms with E-state index in [0.717, 1.165) is 25.2 Å². The molecule has 1 aliphatic heterocycles. The van der Waals surface area contributed by atoms with Gasteiger partial charge in [-0.05, 0) is 24.8 Å². The molecule has 0 amide bonds. The zero-order valence-corrected chi connectivity index (χ0v) is 11.5. The Morgan fingerprint density at radius 1 is 1.39 bits per heavy atom. The van der Waals surface area contributed by atoms with E-state index in [1.165, 1.54) is 24.0 Å². The molecule has 0 saturated heterocycles. The molecule has 0 atom stereocenters. The Bertz CT molecular complexity index is 427. The number of aliphatic imine (C=N–C) groups is 1. The van der Waals surface area contributed by atoms with Crippen LogP contribution in [0.1, 0.15) is 37.3 Å². The van der Waals surface area contributed by atoms with Gasteiger partial charge in [0.2, 0.25) is 0 Å². The molecule has 1 aromatic carbocycles. The Morgan fingerprint density at radius 3 is 3.06 bits per heavy atom. The van der Waals surface area contributed by atoms with Gasteiger partial charge < -0.3 is 0 Å². The van der Waals surface area contributed by atoms with E-state index < -0.39 is 0 Å². The second-order valence-electron chi connectivity index (χ2n) is 4.20. The summed E-state index contributed by atoms with van der Waals surface area (Å²) >= 11 is 0. The van der Waals surface area contributed by atoms with Crippen molar-refractivity contribution in [1.82, 2.24) is 5.43 Å². The molecule has 4 heteroatoms. The summed E-state index contributed by atoms with van der Waals surface area (Å²) in [5, 5.41) is 4.23. The molecule has 0 aliphatic carbocycles. The summed E-state index contributed by atoms with van der Waals surface area (Å²) < 4.78 is 0. The lowest BCUT2D eigenvalue weighted by Gasteiger charge is -2.15. The van der Waals surface area contributed by atoms with Crippen LogP contribution in [0.15, 0.2) is 34.4 Å². The quantitative estimate of drug-likeness (QED) is 0.507. The van der Waals surface area contributed by atoms with E-state index in [1.54, 1.807) is 0 Å². The molecule has 1 aromatic rings. The third kappa shape index (κ3) is 3.84. The minimum Gasteiger partial charge on any atom is -0.266 e. The molecule has 18 heavy (non-hydrogen) atoms. The normalized spacial score (nSPS) is 13.7. The fourth-order valence-electron chi connectivity index (χ4n) is 1.90. The Labute approximate surface area is 115 Å². The molecule has 0 aromatic heterocycles. The van der Waals surface area contributed by atoms with Crippen molar-refractivity contribution in [2.24, 2.45) is 10.1 Å². The molecule has 0 spiro atoms. The van der Waals surface area contributed by atoms with Gasteiger partial charge in [0, 0.05) is 18.3 Å².